The van der Waals surface area contributed by atoms with Gasteiger partial charge in [0.05, 0.1) is 31.4 Å². The van der Waals surface area contributed by atoms with E-state index in [4.69, 9.17) is 47.5 Å². The van der Waals surface area contributed by atoms with Crippen molar-refractivity contribution in [1.82, 2.24) is 53.2 Å². The van der Waals surface area contributed by atoms with Gasteiger partial charge in [0.2, 0.25) is 65.0 Å². The van der Waals surface area contributed by atoms with Crippen molar-refractivity contribution in [2.24, 2.45) is 51.6 Å². The number of halogens is 6. The van der Waals surface area contributed by atoms with Crippen LogP contribution in [0.3, 0.4) is 0 Å². The van der Waals surface area contributed by atoms with E-state index >= 15 is 9.59 Å². The molecule has 0 spiro atoms. The maximum Gasteiger partial charge on any atom is 0.490 e. The number of guanidine groups is 1. The largest absolute Gasteiger partial charge is 0.490 e. The number of cyclic esters (lactones) is 1. The van der Waals surface area contributed by atoms with Crippen LogP contribution in [0.25, 0.3) is 0 Å². The number of benzene rings is 2. The van der Waals surface area contributed by atoms with E-state index in [0.717, 1.165) is 6.92 Å². The number of primary amides is 1. The molecule has 0 radical (unpaired) electrons. The number of esters is 1. The van der Waals surface area contributed by atoms with E-state index in [1.165, 1.54) is 44.2 Å². The fourth-order valence-electron chi connectivity index (χ4n) is 9.61. The van der Waals surface area contributed by atoms with Gasteiger partial charge in [0.25, 0.3) is 0 Å². The Morgan fingerprint density at radius 1 is 0.617 bits per heavy atom. The average molecular weight is 1540 g/mol. The lowest BCUT2D eigenvalue weighted by Crippen LogP contribution is -2.64. The van der Waals surface area contributed by atoms with Crippen LogP contribution in [-0.4, -0.2) is 230 Å². The summed E-state index contributed by atoms with van der Waals surface area (Å²) in [6.07, 6.45) is -18.5. The number of carboxylic acid groups (broad SMARTS) is 2. The number of rotatable bonds is 23. The van der Waals surface area contributed by atoms with Crippen LogP contribution in [0.5, 0.6) is 0 Å². The average Bonchev–Trinajstić information content (AvgIpc) is 0.813. The number of nitrogens with two attached hydrogens (primary N) is 4. The van der Waals surface area contributed by atoms with E-state index in [2.05, 4.69) is 47.5 Å². The standard InChI is InChI=1S/C61H95N15O17.2C2HF3O2/c1-10-32(8)42-56(88)74-43(33(9)78)55(87)67-27-41(79)72-45(48(81)50(63)82)58(90)71-40(28-77)60(92)93-49(35-20-15-12-16-21-35)46(76-54(86)39(26-34-18-13-11-14-19-34)69-51(83)36(62)24-29(2)3)59(91)75-44(47(80)31(6)7)57(89)70-38(25-30(4)5)53(85)68-37(52(84)73-42)22-17-23-66-61(64)65;2*3-2(4,5)1(6)7/h11-16,18-21,29-33,36-40,42-49,77-78,80-81H,10,17,22-28,62H2,1-9H3,(H2,63,82)(H,67,87)(H,68,85)(H,69,83)(H,70,89)(H,71,90)(H,72,79)(H,73,84)(H,74,88)(H,75,91)(H,76,86)(H4,64,65,66);2*(H,6,7)/t32-,33-,36+,37+,38-,39-,40-,42-,43-,44-,45-,46-,47+,48-,49+;;/m0../s1. The molecule has 1 fully saturated rings. The monoisotopic (exact) mass is 1540 g/mol. The first-order chi connectivity index (χ1) is 49.6. The van der Waals surface area contributed by atoms with E-state index in [1.807, 2.05) is 24.5 Å². The molecule has 3 rings (SSSR count). The molecule has 0 bridgehead atoms. The summed E-state index contributed by atoms with van der Waals surface area (Å²) >= 11 is 0. The van der Waals surface area contributed by atoms with Crippen molar-refractivity contribution >= 4 is 88.8 Å². The number of carboxylic acids is 2. The predicted octanol–water partition coefficient (Wildman–Crippen LogP) is -3.97. The second-order valence-electron chi connectivity index (χ2n) is 25.7. The predicted molar refractivity (Wildman–Crippen MR) is 364 cm³/mol. The maximum absolute atomic E-state index is 15.5. The number of hydrogen-bond acceptors (Lipinski definition) is 21. The van der Waals surface area contributed by atoms with Gasteiger partial charge in [-0.1, -0.05) is 122 Å². The van der Waals surface area contributed by atoms with Gasteiger partial charge >= 0.3 is 30.3 Å². The highest BCUT2D eigenvalue weighted by Crippen LogP contribution is 2.25. The number of carbonyl (C=O) groups is 14. The van der Waals surface area contributed by atoms with Crippen molar-refractivity contribution in [3.8, 4) is 0 Å². The first-order valence-corrected chi connectivity index (χ1v) is 33.2. The molecular weight excluding hydrogens is 1440 g/mol. The van der Waals surface area contributed by atoms with Crippen molar-refractivity contribution in [2.45, 2.75) is 198 Å². The minimum absolute atomic E-state index is 0.0415. The molecule has 0 saturated carbocycles. The number of aliphatic carboxylic acids is 2. The number of carbonyl (C=O) groups excluding carboxylic acids is 12. The van der Waals surface area contributed by atoms with Crippen molar-refractivity contribution in [3.05, 3.63) is 71.8 Å². The van der Waals surface area contributed by atoms with Crippen LogP contribution in [-0.2, 0) is 78.3 Å². The van der Waals surface area contributed by atoms with Crippen LogP contribution in [0.1, 0.15) is 112 Å². The first kappa shape index (κ1) is 94.7. The van der Waals surface area contributed by atoms with Gasteiger partial charge in [0.1, 0.15) is 48.3 Å². The van der Waals surface area contributed by atoms with Crippen LogP contribution in [0, 0.1) is 23.7 Å². The molecule has 0 aliphatic carbocycles. The molecule has 1 heterocycles. The molecule has 0 unspecified atom stereocenters. The summed E-state index contributed by atoms with van der Waals surface area (Å²) in [5, 5.41) is 82.5. The zero-order valence-corrected chi connectivity index (χ0v) is 59.9. The zero-order valence-electron chi connectivity index (χ0n) is 59.9. The summed E-state index contributed by atoms with van der Waals surface area (Å²) in [4.78, 5) is 193. The fourth-order valence-corrected chi connectivity index (χ4v) is 9.61. The summed E-state index contributed by atoms with van der Waals surface area (Å²) < 4.78 is 69.4. The van der Waals surface area contributed by atoms with Crippen LogP contribution < -0.4 is 76.1 Å². The summed E-state index contributed by atoms with van der Waals surface area (Å²) in [5.74, 6) is -22.6. The van der Waals surface area contributed by atoms with Gasteiger partial charge in [0, 0.05) is 13.0 Å². The Morgan fingerprint density at radius 2 is 1.10 bits per heavy atom. The third-order valence-corrected chi connectivity index (χ3v) is 15.5. The fraction of sp³-hybridized carbons (Fsp3) is 0.585. The molecule has 15 atom stereocenters. The van der Waals surface area contributed by atoms with Crippen molar-refractivity contribution in [2.75, 3.05) is 19.7 Å². The van der Waals surface area contributed by atoms with Gasteiger partial charge in [-0.25, -0.2) is 14.4 Å². The summed E-state index contributed by atoms with van der Waals surface area (Å²) in [6, 6.07) is -2.71. The van der Waals surface area contributed by atoms with Crippen molar-refractivity contribution in [1.29, 1.82) is 0 Å². The molecule has 11 amide bonds. The van der Waals surface area contributed by atoms with Gasteiger partial charge in [-0.15, -0.1) is 0 Å². The van der Waals surface area contributed by atoms with Gasteiger partial charge in [-0.3, -0.25) is 57.7 Å². The number of ether oxygens (including phenoxy) is 1. The molecular formula is C65H97F6N15O21. The Labute approximate surface area is 610 Å². The number of amides is 11. The van der Waals surface area contributed by atoms with Crippen molar-refractivity contribution in [3.63, 3.8) is 0 Å². The third kappa shape index (κ3) is 33.8. The lowest BCUT2D eigenvalue weighted by molar-refractivity contribution is -0.193. The van der Waals surface area contributed by atoms with Gasteiger partial charge < -0.3 is 111 Å². The van der Waals surface area contributed by atoms with E-state index in [0.29, 0.717) is 5.56 Å². The van der Waals surface area contributed by atoms with E-state index < -0.39 is 211 Å². The number of aliphatic hydroxyl groups is 4. The molecule has 2 aromatic carbocycles. The smallest absolute Gasteiger partial charge is 0.475 e. The Balaban J connectivity index is 0.00000369. The Morgan fingerprint density at radius 3 is 1.58 bits per heavy atom. The van der Waals surface area contributed by atoms with Crippen LogP contribution in [0.15, 0.2) is 65.7 Å². The van der Waals surface area contributed by atoms with E-state index in [1.54, 1.807) is 58.0 Å². The minimum Gasteiger partial charge on any atom is -0.475 e. The van der Waals surface area contributed by atoms with Crippen LogP contribution in [0.4, 0.5) is 26.3 Å². The highest BCUT2D eigenvalue weighted by Gasteiger charge is 2.45. The van der Waals surface area contributed by atoms with E-state index in [9.17, 15) is 94.7 Å². The Bertz CT molecular complexity index is 3330. The van der Waals surface area contributed by atoms with E-state index in [-0.39, 0.29) is 62.5 Å². The quantitative estimate of drug-likeness (QED) is 0.0166. The topological polar surface area (TPSA) is 606 Å². The molecule has 36 nitrogen and oxygen atoms in total. The summed E-state index contributed by atoms with van der Waals surface area (Å²) in [5.41, 5.74) is 23.2. The lowest BCUT2D eigenvalue weighted by Gasteiger charge is -2.33. The molecule has 24 N–H and O–H groups in total. The number of aliphatic hydroxyl groups excluding tert-OH is 4. The highest BCUT2D eigenvalue weighted by molar-refractivity contribution is 6.00. The molecule has 2 aromatic rings. The SMILES string of the molecule is CC[C@H](C)[C@@H]1NC(=O)[C@@H](CCCN=C(N)N)NC(=O)[C@H](CC(C)C)NC(=O)[C@H]([C@H](O)C(C)C)NC(=O)[C@@H](NC(=O)[C@H](Cc2ccccc2)NC(=O)[C@H](N)CC(C)C)[C@@H](c2ccccc2)OC(=O)[C@H](CO)NC(=O)[C@H]([C@H](O)C(N)=O)NC(=O)CNC(=O)[C@H]([C@H](C)O)NC1=O.O=C(O)C(F)(F)F.O=C(O)C(F)(F)F. The summed E-state index contributed by atoms with van der Waals surface area (Å²) in [7, 11) is 0. The Kier molecular flexibility index (Phi) is 40.0. The number of nitrogens with zero attached hydrogens (tertiary/aromatic N) is 1. The van der Waals surface area contributed by atoms with Crippen molar-refractivity contribution < 1.29 is 129 Å². The molecule has 1 aliphatic rings. The van der Waals surface area contributed by atoms with Crippen LogP contribution in [0.2, 0.25) is 0 Å². The third-order valence-electron chi connectivity index (χ3n) is 15.5. The molecule has 42 heteroatoms. The number of aliphatic imine (C=N–C) groups is 1. The zero-order chi connectivity index (χ0) is 82.1. The number of nitrogens with one attached hydrogen (secondary N) is 10. The first-order valence-electron chi connectivity index (χ1n) is 33.2. The molecule has 0 aromatic heterocycles. The highest BCUT2D eigenvalue weighted by atomic mass is 19.4. The number of alkyl halides is 6. The molecule has 107 heavy (non-hydrogen) atoms. The Hall–Kier alpha value is -10.3. The number of hydrogen-bond donors (Lipinski definition) is 20. The second kappa shape index (κ2) is 45.2. The molecule has 600 valence electrons. The second-order valence-corrected chi connectivity index (χ2v) is 25.7. The lowest BCUT2D eigenvalue weighted by atomic mass is 9.95. The molecule has 1 saturated heterocycles. The van der Waals surface area contributed by atoms with Gasteiger partial charge in [-0.05, 0) is 67.4 Å². The molecule has 1 aliphatic heterocycles. The maximum atomic E-state index is 15.5. The van der Waals surface area contributed by atoms with Gasteiger partial charge in [-0.2, -0.15) is 26.3 Å². The summed E-state index contributed by atoms with van der Waals surface area (Å²) in [6.45, 7) is 11.9. The van der Waals surface area contributed by atoms with Gasteiger partial charge in [0.15, 0.2) is 24.2 Å². The normalized spacial score (nSPS) is 22.5. The van der Waals surface area contributed by atoms with Crippen LogP contribution >= 0.6 is 0 Å². The minimum atomic E-state index is -5.08.